The van der Waals surface area contributed by atoms with Crippen LogP contribution in [0.5, 0.6) is 0 Å². The van der Waals surface area contributed by atoms with E-state index in [1.165, 1.54) is 23.9 Å². The standard InChI is InChI=1S/C12H9N5O2S/c1-6-10-11(16-12(13)15-6)20-9-3-2-8(17(18)19)4-7(9)5-14-10/h2-5H,1H3,(H2,13,15,16). The quantitative estimate of drug-likeness (QED) is 0.418. The van der Waals surface area contributed by atoms with Crippen LogP contribution in [0.2, 0.25) is 0 Å². The lowest BCUT2D eigenvalue weighted by atomic mass is 10.2. The zero-order chi connectivity index (χ0) is 14.3. The maximum absolute atomic E-state index is 10.8. The average Bonchev–Trinajstić information content (AvgIpc) is 2.56. The number of nitro benzene ring substituents is 1. The number of nitrogens with zero attached hydrogens (tertiary/aromatic N) is 4. The van der Waals surface area contributed by atoms with Crippen molar-refractivity contribution in [2.75, 3.05) is 5.73 Å². The fourth-order valence-electron chi connectivity index (χ4n) is 1.86. The zero-order valence-electron chi connectivity index (χ0n) is 10.4. The van der Waals surface area contributed by atoms with Crippen LogP contribution in [0.15, 0.2) is 33.1 Å². The number of fused-ring (bicyclic) bond motifs is 2. The highest BCUT2D eigenvalue weighted by Crippen LogP contribution is 2.39. The van der Waals surface area contributed by atoms with Gasteiger partial charge in [-0.15, -0.1) is 0 Å². The van der Waals surface area contributed by atoms with E-state index in [-0.39, 0.29) is 11.6 Å². The lowest BCUT2D eigenvalue weighted by molar-refractivity contribution is -0.384. The third-order valence-electron chi connectivity index (χ3n) is 2.79. The summed E-state index contributed by atoms with van der Waals surface area (Å²) in [5, 5.41) is 11.5. The zero-order valence-corrected chi connectivity index (χ0v) is 11.2. The first kappa shape index (κ1) is 12.5. The number of rotatable bonds is 1. The monoisotopic (exact) mass is 287 g/mol. The topological polar surface area (TPSA) is 107 Å². The van der Waals surface area contributed by atoms with Gasteiger partial charge >= 0.3 is 0 Å². The normalized spacial score (nSPS) is 12.4. The van der Waals surface area contributed by atoms with Gasteiger partial charge in [0.25, 0.3) is 5.69 Å². The first-order chi connectivity index (χ1) is 9.54. The van der Waals surface area contributed by atoms with Crippen LogP contribution in [-0.4, -0.2) is 21.1 Å². The van der Waals surface area contributed by atoms with Crippen molar-refractivity contribution >= 4 is 35.3 Å². The van der Waals surface area contributed by atoms with E-state index >= 15 is 0 Å². The number of aryl methyl sites for hydroxylation is 1. The summed E-state index contributed by atoms with van der Waals surface area (Å²) in [7, 11) is 0. The average molecular weight is 287 g/mol. The molecule has 1 aromatic heterocycles. The number of anilines is 1. The number of aliphatic imine (C=N–C) groups is 1. The Morgan fingerprint density at radius 1 is 1.35 bits per heavy atom. The number of nitrogens with two attached hydrogens (primary N) is 1. The van der Waals surface area contributed by atoms with Gasteiger partial charge in [0.1, 0.15) is 10.7 Å². The van der Waals surface area contributed by atoms with Gasteiger partial charge < -0.3 is 5.73 Å². The molecule has 2 N–H and O–H groups in total. The summed E-state index contributed by atoms with van der Waals surface area (Å²) in [6.07, 6.45) is 1.59. The molecule has 0 unspecified atom stereocenters. The highest BCUT2D eigenvalue weighted by Gasteiger charge is 2.18. The molecule has 20 heavy (non-hydrogen) atoms. The molecule has 0 fully saturated rings. The van der Waals surface area contributed by atoms with Crippen molar-refractivity contribution in [2.45, 2.75) is 16.8 Å². The van der Waals surface area contributed by atoms with E-state index in [0.717, 1.165) is 4.90 Å². The van der Waals surface area contributed by atoms with E-state index in [4.69, 9.17) is 5.73 Å². The van der Waals surface area contributed by atoms with Crippen LogP contribution < -0.4 is 5.73 Å². The molecule has 0 bridgehead atoms. The molecule has 0 radical (unpaired) electrons. The van der Waals surface area contributed by atoms with Gasteiger partial charge in [0, 0.05) is 28.8 Å². The van der Waals surface area contributed by atoms with Gasteiger partial charge in [0.15, 0.2) is 0 Å². The Hall–Kier alpha value is -2.48. The predicted octanol–water partition coefficient (Wildman–Crippen LogP) is 2.49. The Bertz CT molecular complexity index is 760. The molecule has 0 atom stereocenters. The molecule has 2 aromatic rings. The summed E-state index contributed by atoms with van der Waals surface area (Å²) in [4.78, 5) is 23.8. The summed E-state index contributed by atoms with van der Waals surface area (Å²) in [6, 6.07) is 4.64. The van der Waals surface area contributed by atoms with Gasteiger partial charge in [-0.05, 0) is 13.0 Å². The second-order valence-electron chi connectivity index (χ2n) is 4.16. The molecule has 2 heterocycles. The van der Waals surface area contributed by atoms with Crippen molar-refractivity contribution in [3.05, 3.63) is 39.6 Å². The Labute approximate surface area is 118 Å². The van der Waals surface area contributed by atoms with E-state index in [1.807, 2.05) is 0 Å². The second-order valence-corrected chi connectivity index (χ2v) is 5.19. The van der Waals surface area contributed by atoms with E-state index in [9.17, 15) is 10.1 Å². The number of hydrogen-bond donors (Lipinski definition) is 1. The molecule has 8 heteroatoms. The van der Waals surface area contributed by atoms with Crippen LogP contribution in [0.25, 0.3) is 0 Å². The molecule has 0 saturated heterocycles. The minimum absolute atomic E-state index is 0.0316. The molecule has 0 amide bonds. The predicted molar refractivity (Wildman–Crippen MR) is 75.7 cm³/mol. The van der Waals surface area contributed by atoms with Crippen molar-refractivity contribution in [3.8, 4) is 0 Å². The Kier molecular flexibility index (Phi) is 2.87. The minimum Gasteiger partial charge on any atom is -0.368 e. The summed E-state index contributed by atoms with van der Waals surface area (Å²) in [6.45, 7) is 1.80. The van der Waals surface area contributed by atoms with Gasteiger partial charge in [-0.2, -0.15) is 0 Å². The molecule has 1 aliphatic rings. The van der Waals surface area contributed by atoms with Crippen LogP contribution in [0.3, 0.4) is 0 Å². The summed E-state index contributed by atoms with van der Waals surface area (Å²) >= 11 is 1.37. The third-order valence-corrected chi connectivity index (χ3v) is 3.86. The molecule has 1 aromatic carbocycles. The summed E-state index contributed by atoms with van der Waals surface area (Å²) < 4.78 is 0. The Morgan fingerprint density at radius 3 is 2.90 bits per heavy atom. The number of non-ortho nitro benzene ring substituents is 1. The smallest absolute Gasteiger partial charge is 0.270 e. The van der Waals surface area contributed by atoms with Crippen LogP contribution in [0, 0.1) is 17.0 Å². The van der Waals surface area contributed by atoms with Gasteiger partial charge in [-0.25, -0.2) is 9.97 Å². The number of benzene rings is 1. The highest BCUT2D eigenvalue weighted by atomic mass is 32.2. The Balaban J connectivity index is 2.15. The maximum atomic E-state index is 10.8. The van der Waals surface area contributed by atoms with Crippen LogP contribution >= 0.6 is 11.8 Å². The molecular formula is C12H9N5O2S. The van der Waals surface area contributed by atoms with Gasteiger partial charge in [-0.1, -0.05) is 11.8 Å². The van der Waals surface area contributed by atoms with E-state index in [0.29, 0.717) is 22.0 Å². The molecule has 0 spiro atoms. The maximum Gasteiger partial charge on any atom is 0.270 e. The van der Waals surface area contributed by atoms with Crippen LogP contribution in [-0.2, 0) is 0 Å². The summed E-state index contributed by atoms with van der Waals surface area (Å²) in [5.74, 6) is 0.189. The van der Waals surface area contributed by atoms with Crippen molar-refractivity contribution in [2.24, 2.45) is 4.99 Å². The fourth-order valence-corrected chi connectivity index (χ4v) is 2.87. The van der Waals surface area contributed by atoms with E-state index < -0.39 is 4.92 Å². The number of aromatic nitrogens is 2. The van der Waals surface area contributed by atoms with Crippen molar-refractivity contribution in [3.63, 3.8) is 0 Å². The first-order valence-corrected chi connectivity index (χ1v) is 6.51. The minimum atomic E-state index is -0.431. The molecule has 1 aliphatic heterocycles. The molecule has 7 nitrogen and oxygen atoms in total. The molecule has 100 valence electrons. The lowest BCUT2D eigenvalue weighted by Gasteiger charge is -2.06. The largest absolute Gasteiger partial charge is 0.368 e. The number of nitro groups is 1. The number of nitrogen functional groups attached to an aromatic ring is 1. The van der Waals surface area contributed by atoms with Gasteiger partial charge in [0.05, 0.1) is 10.6 Å². The highest BCUT2D eigenvalue weighted by molar-refractivity contribution is 7.99. The van der Waals surface area contributed by atoms with E-state index in [1.54, 1.807) is 19.2 Å². The van der Waals surface area contributed by atoms with Crippen molar-refractivity contribution in [1.29, 1.82) is 0 Å². The van der Waals surface area contributed by atoms with Crippen LogP contribution in [0.1, 0.15) is 11.3 Å². The first-order valence-electron chi connectivity index (χ1n) is 5.69. The third kappa shape index (κ3) is 2.10. The van der Waals surface area contributed by atoms with Gasteiger partial charge in [0.2, 0.25) is 5.95 Å². The van der Waals surface area contributed by atoms with Crippen LogP contribution in [0.4, 0.5) is 17.3 Å². The molecule has 3 rings (SSSR count). The molecule has 0 saturated carbocycles. The van der Waals surface area contributed by atoms with Gasteiger partial charge in [-0.3, -0.25) is 15.1 Å². The second kappa shape index (κ2) is 4.57. The molecular weight excluding hydrogens is 278 g/mol. The number of hydrogen-bond acceptors (Lipinski definition) is 7. The van der Waals surface area contributed by atoms with Crippen molar-refractivity contribution in [1.82, 2.24) is 9.97 Å². The Morgan fingerprint density at radius 2 is 2.15 bits per heavy atom. The fraction of sp³-hybridized carbons (Fsp3) is 0.0833. The molecule has 0 aliphatic carbocycles. The van der Waals surface area contributed by atoms with E-state index in [2.05, 4.69) is 15.0 Å². The summed E-state index contributed by atoms with van der Waals surface area (Å²) in [5.41, 5.74) is 7.67. The van der Waals surface area contributed by atoms with Crippen molar-refractivity contribution < 1.29 is 4.92 Å². The SMILES string of the molecule is Cc1nc(N)nc2c1N=Cc1cc([N+](=O)[O-])ccc1S2. The lowest BCUT2D eigenvalue weighted by Crippen LogP contribution is -1.98.